The molecule has 0 saturated carbocycles. The van der Waals surface area contributed by atoms with Crippen LogP contribution in [-0.4, -0.2) is 35.2 Å². The number of carbonyl (C=O) groups excluding carboxylic acids is 1. The number of aryl methyl sites for hydroxylation is 4. The van der Waals surface area contributed by atoms with Crippen LogP contribution in [0.2, 0.25) is 0 Å². The van der Waals surface area contributed by atoms with Crippen molar-refractivity contribution in [3.8, 4) is 5.69 Å². The number of piperidine rings is 1. The molecule has 170 valence electrons. The summed E-state index contributed by atoms with van der Waals surface area (Å²) in [4.78, 5) is 19.3. The van der Waals surface area contributed by atoms with Crippen molar-refractivity contribution in [3.63, 3.8) is 0 Å². The van der Waals surface area contributed by atoms with Gasteiger partial charge >= 0.3 is 5.97 Å². The average molecular weight is 498 g/mol. The normalized spacial score (nSPS) is 14.9. The number of anilines is 1. The second-order valence-corrected chi connectivity index (χ2v) is 9.79. The molecule has 3 heterocycles. The van der Waals surface area contributed by atoms with Gasteiger partial charge in [0, 0.05) is 52.6 Å². The molecule has 0 N–H and O–H groups in total. The molecular weight excluding hydrogens is 466 g/mol. The van der Waals surface area contributed by atoms with E-state index in [9.17, 15) is 4.79 Å². The predicted molar refractivity (Wildman–Crippen MR) is 134 cm³/mol. The van der Waals surface area contributed by atoms with Crippen LogP contribution in [0.15, 0.2) is 28.9 Å². The van der Waals surface area contributed by atoms with E-state index in [2.05, 4.69) is 77.5 Å². The summed E-state index contributed by atoms with van der Waals surface area (Å²) in [7, 11) is 0. The maximum absolute atomic E-state index is 11.9. The highest BCUT2D eigenvalue weighted by Crippen LogP contribution is 2.36. The second-order valence-electron chi connectivity index (χ2n) is 9.00. The number of carbonyl (C=O) groups is 1. The lowest BCUT2D eigenvalue weighted by Gasteiger charge is -2.34. The van der Waals surface area contributed by atoms with Crippen molar-refractivity contribution in [2.45, 2.75) is 53.9 Å². The molecule has 32 heavy (non-hydrogen) atoms. The fourth-order valence-electron chi connectivity index (χ4n) is 4.85. The zero-order chi connectivity index (χ0) is 23.0. The van der Waals surface area contributed by atoms with E-state index in [1.54, 1.807) is 0 Å². The molecule has 0 unspecified atom stereocenters. The highest BCUT2D eigenvalue weighted by Gasteiger charge is 2.25. The first-order valence-electron chi connectivity index (χ1n) is 11.5. The van der Waals surface area contributed by atoms with Crippen molar-refractivity contribution in [1.29, 1.82) is 0 Å². The molecule has 0 spiro atoms. The van der Waals surface area contributed by atoms with Crippen molar-refractivity contribution >= 4 is 38.6 Å². The summed E-state index contributed by atoms with van der Waals surface area (Å²) in [6, 6.07) is 6.63. The third-order valence-corrected chi connectivity index (χ3v) is 7.72. The minimum atomic E-state index is -0.0684. The highest BCUT2D eigenvalue weighted by atomic mass is 79.9. The van der Waals surface area contributed by atoms with Crippen molar-refractivity contribution in [1.82, 2.24) is 9.55 Å². The van der Waals surface area contributed by atoms with E-state index >= 15 is 0 Å². The molecule has 1 fully saturated rings. The number of hydrogen-bond donors (Lipinski definition) is 0. The van der Waals surface area contributed by atoms with Crippen molar-refractivity contribution in [2.24, 2.45) is 5.92 Å². The van der Waals surface area contributed by atoms with Gasteiger partial charge in [-0.1, -0.05) is 15.9 Å². The number of ether oxygens (including phenoxy) is 1. The maximum atomic E-state index is 11.9. The van der Waals surface area contributed by atoms with Crippen molar-refractivity contribution in [2.75, 3.05) is 24.6 Å². The number of nitrogens with zero attached hydrogens (tertiary/aromatic N) is 3. The monoisotopic (exact) mass is 497 g/mol. The second kappa shape index (κ2) is 9.26. The number of esters is 1. The molecule has 0 bridgehead atoms. The zero-order valence-electron chi connectivity index (χ0n) is 19.7. The minimum Gasteiger partial charge on any atom is -0.466 e. The Balaban J connectivity index is 1.67. The fourth-order valence-corrected chi connectivity index (χ4v) is 5.08. The Hall–Kier alpha value is -2.34. The smallest absolute Gasteiger partial charge is 0.306 e. The number of rotatable bonds is 5. The molecule has 2 aromatic heterocycles. The lowest BCUT2D eigenvalue weighted by atomic mass is 9.93. The van der Waals surface area contributed by atoms with E-state index in [1.165, 1.54) is 27.8 Å². The molecular formula is C26H32BrN3O2. The van der Waals surface area contributed by atoms with Gasteiger partial charge in [0.05, 0.1) is 6.61 Å². The molecule has 1 aromatic carbocycles. The number of pyridine rings is 1. The van der Waals surface area contributed by atoms with Crippen LogP contribution in [0.1, 0.15) is 48.6 Å². The molecule has 0 amide bonds. The topological polar surface area (TPSA) is 47.4 Å². The van der Waals surface area contributed by atoms with Gasteiger partial charge in [0.1, 0.15) is 5.65 Å². The first-order chi connectivity index (χ1) is 15.3. The van der Waals surface area contributed by atoms with E-state index in [4.69, 9.17) is 9.72 Å². The molecule has 5 nitrogen and oxygen atoms in total. The Labute approximate surface area is 198 Å². The molecule has 0 radical (unpaired) electrons. The molecule has 4 rings (SSSR count). The Kier molecular flexibility index (Phi) is 6.61. The number of fused-ring (bicyclic) bond motifs is 1. The Morgan fingerprint density at radius 2 is 1.75 bits per heavy atom. The van der Waals surface area contributed by atoms with Gasteiger partial charge in [-0.3, -0.25) is 4.79 Å². The van der Waals surface area contributed by atoms with Crippen LogP contribution in [-0.2, 0) is 9.53 Å². The summed E-state index contributed by atoms with van der Waals surface area (Å²) in [5, 5.41) is 1.22. The number of benzene rings is 1. The number of halogens is 1. The van der Waals surface area contributed by atoms with Crippen LogP contribution >= 0.6 is 15.9 Å². The standard InChI is InChI=1S/C26H32BrN3O2/c1-6-32-23(31)14-20-7-9-29(10-8-20)22-13-19(5)28-26-24(22)18(4)15-30(26)21-11-16(2)25(27)17(3)12-21/h11-13,15,20H,6-10,14H2,1-5H3. The maximum Gasteiger partial charge on any atom is 0.306 e. The first-order valence-corrected chi connectivity index (χ1v) is 12.2. The Bertz CT molecular complexity index is 1140. The molecule has 0 aliphatic carbocycles. The lowest BCUT2D eigenvalue weighted by Crippen LogP contribution is -2.34. The average Bonchev–Trinajstić information content (AvgIpc) is 3.08. The van der Waals surface area contributed by atoms with Crippen LogP contribution < -0.4 is 4.90 Å². The van der Waals surface area contributed by atoms with Gasteiger partial charge in [0.25, 0.3) is 0 Å². The van der Waals surface area contributed by atoms with E-state index in [0.29, 0.717) is 18.9 Å². The summed E-state index contributed by atoms with van der Waals surface area (Å²) < 4.78 is 8.53. The first kappa shape index (κ1) is 22.8. The molecule has 1 aliphatic rings. The summed E-state index contributed by atoms with van der Waals surface area (Å²) in [6.45, 7) is 12.7. The molecule has 0 atom stereocenters. The van der Waals surface area contributed by atoms with Crippen LogP contribution in [0.25, 0.3) is 16.7 Å². The van der Waals surface area contributed by atoms with Crippen LogP contribution in [0.4, 0.5) is 5.69 Å². The van der Waals surface area contributed by atoms with E-state index in [1.807, 2.05) is 6.92 Å². The largest absolute Gasteiger partial charge is 0.466 e. The van der Waals surface area contributed by atoms with Gasteiger partial charge in [-0.05, 0) is 88.3 Å². The van der Waals surface area contributed by atoms with E-state index in [0.717, 1.165) is 47.4 Å². The minimum absolute atomic E-state index is 0.0684. The number of aromatic nitrogens is 2. The fraction of sp³-hybridized carbons (Fsp3) is 0.462. The van der Waals surface area contributed by atoms with Gasteiger partial charge in [-0.2, -0.15) is 0 Å². The van der Waals surface area contributed by atoms with Gasteiger partial charge in [0.15, 0.2) is 0 Å². The van der Waals surface area contributed by atoms with Crippen LogP contribution in [0.3, 0.4) is 0 Å². The van der Waals surface area contributed by atoms with Gasteiger partial charge in [0.2, 0.25) is 0 Å². The van der Waals surface area contributed by atoms with Gasteiger partial charge in [-0.15, -0.1) is 0 Å². The van der Waals surface area contributed by atoms with Crippen molar-refractivity contribution < 1.29 is 9.53 Å². The third-order valence-electron chi connectivity index (χ3n) is 6.47. The summed E-state index contributed by atoms with van der Waals surface area (Å²) in [5.41, 5.74) is 8.09. The summed E-state index contributed by atoms with van der Waals surface area (Å²) in [5.74, 6) is 0.337. The molecule has 6 heteroatoms. The quantitative estimate of drug-likeness (QED) is 0.394. The van der Waals surface area contributed by atoms with E-state index < -0.39 is 0 Å². The molecule has 1 aliphatic heterocycles. The predicted octanol–water partition coefficient (Wildman–Crippen LogP) is 6.19. The van der Waals surface area contributed by atoms with Gasteiger partial charge in [-0.25, -0.2) is 4.98 Å². The van der Waals surface area contributed by atoms with E-state index in [-0.39, 0.29) is 5.97 Å². The Morgan fingerprint density at radius 3 is 2.38 bits per heavy atom. The zero-order valence-corrected chi connectivity index (χ0v) is 21.3. The Morgan fingerprint density at radius 1 is 1.09 bits per heavy atom. The van der Waals surface area contributed by atoms with Gasteiger partial charge < -0.3 is 14.2 Å². The molecule has 1 saturated heterocycles. The highest BCUT2D eigenvalue weighted by molar-refractivity contribution is 9.10. The molecule has 3 aromatic rings. The SMILES string of the molecule is CCOC(=O)CC1CCN(c2cc(C)nc3c2c(C)cn3-c2cc(C)c(Br)c(C)c2)CC1. The summed E-state index contributed by atoms with van der Waals surface area (Å²) in [6.07, 6.45) is 4.75. The van der Waals surface area contributed by atoms with Crippen molar-refractivity contribution in [3.05, 3.63) is 51.3 Å². The summed E-state index contributed by atoms with van der Waals surface area (Å²) >= 11 is 3.68. The van der Waals surface area contributed by atoms with Crippen LogP contribution in [0.5, 0.6) is 0 Å². The lowest BCUT2D eigenvalue weighted by molar-refractivity contribution is -0.144. The third kappa shape index (κ3) is 4.42. The number of hydrogen-bond acceptors (Lipinski definition) is 4. The van der Waals surface area contributed by atoms with Crippen LogP contribution in [0, 0.1) is 33.6 Å².